The van der Waals surface area contributed by atoms with Crippen LogP contribution >= 0.6 is 0 Å². The summed E-state index contributed by atoms with van der Waals surface area (Å²) in [4.78, 5) is 11.7. The number of rotatable bonds is 5. The fourth-order valence-corrected chi connectivity index (χ4v) is 1.38. The second kappa shape index (κ2) is 6.18. The van der Waals surface area contributed by atoms with Crippen molar-refractivity contribution in [2.75, 3.05) is 11.9 Å². The first-order valence-corrected chi connectivity index (χ1v) is 5.42. The monoisotopic (exact) mass is 242 g/mol. The van der Waals surface area contributed by atoms with E-state index in [1.54, 1.807) is 24.3 Å². The van der Waals surface area contributed by atoms with Crippen LogP contribution in [0.4, 0.5) is 14.5 Å². The predicted octanol–water partition coefficient (Wildman–Crippen LogP) is 2.50. The fraction of sp³-hybridized carbons (Fsp3) is 0.417. The van der Waals surface area contributed by atoms with E-state index in [4.69, 9.17) is 0 Å². The van der Waals surface area contributed by atoms with E-state index in [1.165, 1.54) is 0 Å². The second-order valence-corrected chi connectivity index (χ2v) is 3.95. The third-order valence-electron chi connectivity index (χ3n) is 2.03. The molecule has 0 spiro atoms. The Morgan fingerprint density at radius 1 is 1.29 bits per heavy atom. The molecule has 5 heteroatoms. The summed E-state index contributed by atoms with van der Waals surface area (Å²) in [5.41, 5.74) is 1.02. The van der Waals surface area contributed by atoms with E-state index in [-0.39, 0.29) is 6.04 Å². The number of amides is 1. The van der Waals surface area contributed by atoms with Crippen molar-refractivity contribution in [2.24, 2.45) is 0 Å². The zero-order chi connectivity index (χ0) is 12.8. The summed E-state index contributed by atoms with van der Waals surface area (Å²) in [6.45, 7) is 3.25. The summed E-state index contributed by atoms with van der Waals surface area (Å²) >= 11 is 0. The highest BCUT2D eigenvalue weighted by atomic mass is 19.3. The summed E-state index contributed by atoms with van der Waals surface area (Å²) in [5.74, 6) is -0.492. The molecule has 0 aliphatic rings. The number of benzene rings is 1. The first-order chi connectivity index (χ1) is 8.00. The van der Waals surface area contributed by atoms with Gasteiger partial charge in [-0.1, -0.05) is 12.1 Å². The minimum atomic E-state index is -2.54. The highest BCUT2D eigenvalue weighted by Crippen LogP contribution is 2.15. The molecule has 2 N–H and O–H groups in total. The van der Waals surface area contributed by atoms with Gasteiger partial charge in [-0.05, 0) is 26.0 Å². The zero-order valence-electron chi connectivity index (χ0n) is 9.84. The van der Waals surface area contributed by atoms with Crippen molar-refractivity contribution < 1.29 is 13.6 Å². The van der Waals surface area contributed by atoms with Crippen molar-refractivity contribution in [1.82, 2.24) is 5.32 Å². The van der Waals surface area contributed by atoms with Crippen molar-refractivity contribution >= 4 is 11.6 Å². The van der Waals surface area contributed by atoms with E-state index in [0.717, 1.165) is 0 Å². The van der Waals surface area contributed by atoms with E-state index in [1.807, 2.05) is 13.8 Å². The van der Waals surface area contributed by atoms with Gasteiger partial charge in [-0.2, -0.15) is 0 Å². The molecule has 0 fully saturated rings. The van der Waals surface area contributed by atoms with Crippen molar-refractivity contribution in [3.63, 3.8) is 0 Å². The van der Waals surface area contributed by atoms with E-state index in [0.29, 0.717) is 11.3 Å². The largest absolute Gasteiger partial charge is 0.382 e. The standard InChI is InChI=1S/C12H16F2N2O/c1-8(2)16-10-6-4-3-5-9(10)12(17)15-7-11(13)14/h3-6,8,11,16H,7H2,1-2H3,(H,15,17). The number of halogens is 2. The van der Waals surface area contributed by atoms with Crippen LogP contribution in [0.15, 0.2) is 24.3 Å². The molecule has 94 valence electrons. The van der Waals surface area contributed by atoms with Gasteiger partial charge in [0.25, 0.3) is 12.3 Å². The summed E-state index contributed by atoms with van der Waals surface area (Å²) in [6.07, 6.45) is -2.54. The van der Waals surface area contributed by atoms with Crippen LogP contribution in [0.5, 0.6) is 0 Å². The van der Waals surface area contributed by atoms with Crippen LogP contribution in [0, 0.1) is 0 Å². The zero-order valence-corrected chi connectivity index (χ0v) is 9.84. The number of alkyl halides is 2. The maximum Gasteiger partial charge on any atom is 0.255 e. The minimum Gasteiger partial charge on any atom is -0.382 e. The molecule has 0 aromatic heterocycles. The molecule has 3 nitrogen and oxygen atoms in total. The third-order valence-corrected chi connectivity index (χ3v) is 2.03. The second-order valence-electron chi connectivity index (χ2n) is 3.95. The Bertz CT molecular complexity index is 381. The van der Waals surface area contributed by atoms with E-state index < -0.39 is 18.9 Å². The van der Waals surface area contributed by atoms with Crippen LogP contribution in [0.25, 0.3) is 0 Å². The Kier molecular flexibility index (Phi) is 4.87. The molecule has 0 atom stereocenters. The van der Waals surface area contributed by atoms with Crippen LogP contribution in [0.1, 0.15) is 24.2 Å². The molecule has 0 bridgehead atoms. The van der Waals surface area contributed by atoms with Crippen LogP contribution in [0.2, 0.25) is 0 Å². The summed E-state index contributed by atoms with van der Waals surface area (Å²) in [6, 6.07) is 7.00. The maximum absolute atomic E-state index is 12.0. The average Bonchev–Trinajstić information content (AvgIpc) is 2.25. The van der Waals surface area contributed by atoms with Crippen LogP contribution < -0.4 is 10.6 Å². The molecule has 0 radical (unpaired) electrons. The average molecular weight is 242 g/mol. The third kappa shape index (κ3) is 4.38. The van der Waals surface area contributed by atoms with E-state index >= 15 is 0 Å². The molecule has 17 heavy (non-hydrogen) atoms. The topological polar surface area (TPSA) is 41.1 Å². The predicted molar refractivity (Wildman–Crippen MR) is 63.5 cm³/mol. The summed E-state index contributed by atoms with van der Waals surface area (Å²) in [5, 5.41) is 5.28. The minimum absolute atomic E-state index is 0.166. The van der Waals surface area contributed by atoms with Crippen molar-refractivity contribution in [3.8, 4) is 0 Å². The number of para-hydroxylation sites is 1. The van der Waals surface area contributed by atoms with Gasteiger partial charge in [0, 0.05) is 11.7 Å². The van der Waals surface area contributed by atoms with Gasteiger partial charge >= 0.3 is 0 Å². The molecule has 1 amide bonds. The first-order valence-electron chi connectivity index (χ1n) is 5.42. The van der Waals surface area contributed by atoms with Gasteiger partial charge in [-0.25, -0.2) is 8.78 Å². The highest BCUT2D eigenvalue weighted by Gasteiger charge is 2.12. The highest BCUT2D eigenvalue weighted by molar-refractivity contribution is 5.99. The molecule has 0 saturated carbocycles. The van der Waals surface area contributed by atoms with Gasteiger partial charge < -0.3 is 10.6 Å². The van der Waals surface area contributed by atoms with Crippen molar-refractivity contribution in [3.05, 3.63) is 29.8 Å². The Morgan fingerprint density at radius 2 is 1.94 bits per heavy atom. The molecular formula is C12H16F2N2O. The number of anilines is 1. The summed E-state index contributed by atoms with van der Waals surface area (Å²) < 4.78 is 24.0. The van der Waals surface area contributed by atoms with Gasteiger partial charge in [0.05, 0.1) is 12.1 Å². The number of carbonyl (C=O) groups excluding carboxylic acids is 1. The first kappa shape index (κ1) is 13.4. The number of hydrogen-bond acceptors (Lipinski definition) is 2. The number of nitrogens with one attached hydrogen (secondary N) is 2. The molecule has 1 rings (SSSR count). The van der Waals surface area contributed by atoms with Crippen molar-refractivity contribution in [2.45, 2.75) is 26.3 Å². The Morgan fingerprint density at radius 3 is 2.53 bits per heavy atom. The number of carbonyl (C=O) groups is 1. The van der Waals surface area contributed by atoms with Crippen LogP contribution in [0.3, 0.4) is 0 Å². The van der Waals surface area contributed by atoms with Gasteiger partial charge in [0.15, 0.2) is 0 Å². The lowest BCUT2D eigenvalue weighted by Gasteiger charge is -2.14. The Hall–Kier alpha value is -1.65. The van der Waals surface area contributed by atoms with Crippen LogP contribution in [-0.4, -0.2) is 24.9 Å². The lowest BCUT2D eigenvalue weighted by molar-refractivity contribution is 0.0892. The Labute approximate surface area is 99.2 Å². The SMILES string of the molecule is CC(C)Nc1ccccc1C(=O)NCC(F)F. The van der Waals surface area contributed by atoms with E-state index in [9.17, 15) is 13.6 Å². The van der Waals surface area contributed by atoms with E-state index in [2.05, 4.69) is 10.6 Å². The van der Waals surface area contributed by atoms with Gasteiger partial charge in [0.1, 0.15) is 0 Å². The molecule has 1 aromatic carbocycles. The summed E-state index contributed by atoms with van der Waals surface area (Å²) in [7, 11) is 0. The normalized spacial score (nSPS) is 10.7. The molecule has 0 saturated heterocycles. The molecule has 1 aromatic rings. The molecule has 0 heterocycles. The molecular weight excluding hydrogens is 226 g/mol. The maximum atomic E-state index is 12.0. The van der Waals surface area contributed by atoms with Crippen LogP contribution in [-0.2, 0) is 0 Å². The molecule has 0 unspecified atom stereocenters. The number of hydrogen-bond donors (Lipinski definition) is 2. The lowest BCUT2D eigenvalue weighted by Crippen LogP contribution is -2.29. The fourth-order valence-electron chi connectivity index (χ4n) is 1.38. The molecule has 0 aliphatic heterocycles. The van der Waals surface area contributed by atoms with Gasteiger partial charge in [0.2, 0.25) is 0 Å². The van der Waals surface area contributed by atoms with Crippen molar-refractivity contribution in [1.29, 1.82) is 0 Å². The smallest absolute Gasteiger partial charge is 0.255 e. The Balaban J connectivity index is 2.78. The lowest BCUT2D eigenvalue weighted by atomic mass is 10.1. The quantitative estimate of drug-likeness (QED) is 0.833. The molecule has 0 aliphatic carbocycles. The van der Waals surface area contributed by atoms with Gasteiger partial charge in [-0.15, -0.1) is 0 Å². The van der Waals surface area contributed by atoms with Gasteiger partial charge in [-0.3, -0.25) is 4.79 Å².